The fraction of sp³-hybridized carbons (Fsp3) is 0.375. The predicted octanol–water partition coefficient (Wildman–Crippen LogP) is 4.81. The summed E-state index contributed by atoms with van der Waals surface area (Å²) in [7, 11) is 0. The van der Waals surface area contributed by atoms with E-state index in [1.54, 1.807) is 17.6 Å². The maximum Gasteiger partial charge on any atom is 0.153 e. The SMILES string of the molecule is CC1CCc2c(sc3nc(CCl)nc(-c4ccco4)c23)C1. The largest absolute Gasteiger partial charge is 0.463 e. The number of aromatic nitrogens is 2. The lowest BCUT2D eigenvalue weighted by molar-refractivity contribution is 0.509. The van der Waals surface area contributed by atoms with Crippen LogP contribution in [0.4, 0.5) is 0 Å². The Balaban J connectivity index is 2.02. The molecule has 3 aromatic heterocycles. The number of rotatable bonds is 2. The number of hydrogen-bond acceptors (Lipinski definition) is 4. The zero-order chi connectivity index (χ0) is 14.4. The van der Waals surface area contributed by atoms with E-state index in [2.05, 4.69) is 16.9 Å². The molecule has 1 unspecified atom stereocenters. The maximum atomic E-state index is 5.96. The van der Waals surface area contributed by atoms with Crippen LogP contribution in [-0.2, 0) is 18.7 Å². The van der Waals surface area contributed by atoms with Crippen LogP contribution in [0, 0.1) is 5.92 Å². The zero-order valence-electron chi connectivity index (χ0n) is 11.7. The first-order chi connectivity index (χ1) is 10.3. The molecule has 3 aromatic rings. The molecule has 0 spiro atoms. The Morgan fingerprint density at radius 2 is 2.33 bits per heavy atom. The van der Waals surface area contributed by atoms with Gasteiger partial charge in [-0.25, -0.2) is 9.97 Å². The van der Waals surface area contributed by atoms with E-state index in [-0.39, 0.29) is 0 Å². The second kappa shape index (κ2) is 5.11. The van der Waals surface area contributed by atoms with Gasteiger partial charge in [0.2, 0.25) is 0 Å². The van der Waals surface area contributed by atoms with Gasteiger partial charge in [0.1, 0.15) is 16.3 Å². The van der Waals surface area contributed by atoms with Crippen molar-refractivity contribution in [2.24, 2.45) is 5.92 Å². The van der Waals surface area contributed by atoms with Crippen LogP contribution in [0.3, 0.4) is 0 Å². The van der Waals surface area contributed by atoms with Crippen molar-refractivity contribution in [3.63, 3.8) is 0 Å². The summed E-state index contributed by atoms with van der Waals surface area (Å²) in [5.74, 6) is 2.54. The lowest BCUT2D eigenvalue weighted by Crippen LogP contribution is -2.08. The van der Waals surface area contributed by atoms with Crippen molar-refractivity contribution in [2.45, 2.75) is 32.1 Å². The van der Waals surface area contributed by atoms with E-state index in [0.29, 0.717) is 11.7 Å². The standard InChI is InChI=1S/C16H15ClN2OS/c1-9-4-5-10-12(7-9)21-16-14(10)15(11-3-2-6-20-11)18-13(8-17)19-16/h2-3,6,9H,4-5,7-8H2,1H3. The molecule has 4 rings (SSSR count). The fourth-order valence-corrected chi connectivity index (χ4v) is 4.56. The number of alkyl halides is 1. The summed E-state index contributed by atoms with van der Waals surface area (Å²) in [6, 6.07) is 3.85. The van der Waals surface area contributed by atoms with Gasteiger partial charge in [0.05, 0.1) is 12.1 Å². The van der Waals surface area contributed by atoms with Crippen LogP contribution >= 0.6 is 22.9 Å². The predicted molar refractivity (Wildman–Crippen MR) is 85.9 cm³/mol. The van der Waals surface area contributed by atoms with E-state index < -0.39 is 0 Å². The molecule has 1 aliphatic carbocycles. The van der Waals surface area contributed by atoms with E-state index in [1.807, 2.05) is 12.1 Å². The lowest BCUT2D eigenvalue weighted by atomic mass is 9.89. The van der Waals surface area contributed by atoms with Gasteiger partial charge in [0.25, 0.3) is 0 Å². The fourth-order valence-electron chi connectivity index (χ4n) is 3.04. The Labute approximate surface area is 132 Å². The average Bonchev–Trinajstić information content (AvgIpc) is 3.12. The van der Waals surface area contributed by atoms with Crippen molar-refractivity contribution in [2.75, 3.05) is 0 Å². The summed E-state index contributed by atoms with van der Waals surface area (Å²) in [5.41, 5.74) is 2.31. The summed E-state index contributed by atoms with van der Waals surface area (Å²) in [5, 5.41) is 1.17. The lowest BCUT2D eigenvalue weighted by Gasteiger charge is -2.18. The Morgan fingerprint density at radius 3 is 3.10 bits per heavy atom. The minimum Gasteiger partial charge on any atom is -0.463 e. The van der Waals surface area contributed by atoms with Crippen LogP contribution in [-0.4, -0.2) is 9.97 Å². The minimum absolute atomic E-state index is 0.322. The Kier molecular flexibility index (Phi) is 3.23. The average molecular weight is 319 g/mol. The summed E-state index contributed by atoms with van der Waals surface area (Å²) in [4.78, 5) is 11.8. The third kappa shape index (κ3) is 2.17. The van der Waals surface area contributed by atoms with Gasteiger partial charge >= 0.3 is 0 Å². The molecular formula is C16H15ClN2OS. The Morgan fingerprint density at radius 1 is 1.43 bits per heavy atom. The van der Waals surface area contributed by atoms with E-state index in [4.69, 9.17) is 16.0 Å². The molecule has 5 heteroatoms. The molecule has 0 amide bonds. The number of halogens is 1. The topological polar surface area (TPSA) is 38.9 Å². The number of hydrogen-bond donors (Lipinski definition) is 0. The van der Waals surface area contributed by atoms with Crippen molar-refractivity contribution >= 4 is 33.2 Å². The van der Waals surface area contributed by atoms with Gasteiger partial charge < -0.3 is 4.42 Å². The number of thiophene rings is 1. The molecule has 1 aliphatic rings. The van der Waals surface area contributed by atoms with Gasteiger partial charge in [-0.1, -0.05) is 6.92 Å². The minimum atomic E-state index is 0.322. The van der Waals surface area contributed by atoms with Crippen molar-refractivity contribution < 1.29 is 4.42 Å². The van der Waals surface area contributed by atoms with Crippen molar-refractivity contribution in [1.82, 2.24) is 9.97 Å². The molecule has 1 atom stereocenters. The third-order valence-corrected chi connectivity index (χ3v) is 5.46. The first-order valence-electron chi connectivity index (χ1n) is 7.17. The molecule has 3 heterocycles. The molecule has 0 saturated heterocycles. The number of furan rings is 1. The number of aryl methyl sites for hydroxylation is 1. The molecule has 0 bridgehead atoms. The summed E-state index contributed by atoms with van der Waals surface area (Å²) < 4.78 is 5.58. The van der Waals surface area contributed by atoms with E-state index in [1.165, 1.54) is 22.2 Å². The Bertz CT molecular complexity index is 794. The van der Waals surface area contributed by atoms with Crippen LogP contribution in [0.25, 0.3) is 21.7 Å². The van der Waals surface area contributed by atoms with Gasteiger partial charge in [-0.15, -0.1) is 22.9 Å². The molecule has 21 heavy (non-hydrogen) atoms. The van der Waals surface area contributed by atoms with Crippen molar-refractivity contribution in [3.05, 3.63) is 34.7 Å². The van der Waals surface area contributed by atoms with Crippen LogP contribution in [0.5, 0.6) is 0 Å². The second-order valence-corrected chi connectivity index (χ2v) is 6.98. The Hall–Kier alpha value is -1.39. The van der Waals surface area contributed by atoms with Crippen LogP contribution in [0.1, 0.15) is 29.6 Å². The second-order valence-electron chi connectivity index (χ2n) is 5.63. The van der Waals surface area contributed by atoms with Crippen LogP contribution in [0.15, 0.2) is 22.8 Å². The van der Waals surface area contributed by atoms with E-state index >= 15 is 0 Å². The summed E-state index contributed by atoms with van der Waals surface area (Å²) in [6.07, 6.45) is 5.16. The number of nitrogens with zero attached hydrogens (tertiary/aromatic N) is 2. The van der Waals surface area contributed by atoms with Gasteiger partial charge in [0.15, 0.2) is 5.76 Å². The summed E-state index contributed by atoms with van der Waals surface area (Å²) in [6.45, 7) is 2.32. The normalized spacial score (nSPS) is 18.1. The van der Waals surface area contributed by atoms with Gasteiger partial charge in [0, 0.05) is 10.3 Å². The van der Waals surface area contributed by atoms with Crippen molar-refractivity contribution in [1.29, 1.82) is 0 Å². The monoisotopic (exact) mass is 318 g/mol. The number of fused-ring (bicyclic) bond motifs is 3. The van der Waals surface area contributed by atoms with E-state index in [9.17, 15) is 0 Å². The highest BCUT2D eigenvalue weighted by atomic mass is 35.5. The smallest absolute Gasteiger partial charge is 0.153 e. The maximum absolute atomic E-state index is 5.96. The molecule has 0 aromatic carbocycles. The van der Waals surface area contributed by atoms with Crippen LogP contribution < -0.4 is 0 Å². The molecule has 3 nitrogen and oxygen atoms in total. The highest BCUT2D eigenvalue weighted by molar-refractivity contribution is 7.19. The molecule has 0 saturated carbocycles. The molecule has 0 fully saturated rings. The third-order valence-electron chi connectivity index (χ3n) is 4.08. The zero-order valence-corrected chi connectivity index (χ0v) is 13.3. The molecule has 0 N–H and O–H groups in total. The van der Waals surface area contributed by atoms with E-state index in [0.717, 1.165) is 35.0 Å². The highest BCUT2D eigenvalue weighted by Crippen LogP contribution is 2.41. The van der Waals surface area contributed by atoms with Crippen molar-refractivity contribution in [3.8, 4) is 11.5 Å². The quantitative estimate of drug-likeness (QED) is 0.636. The first-order valence-corrected chi connectivity index (χ1v) is 8.52. The summed E-state index contributed by atoms with van der Waals surface area (Å²) >= 11 is 7.75. The first kappa shape index (κ1) is 13.3. The molecule has 0 aliphatic heterocycles. The molecule has 108 valence electrons. The van der Waals surface area contributed by atoms with Gasteiger partial charge in [-0.3, -0.25) is 0 Å². The van der Waals surface area contributed by atoms with Gasteiger partial charge in [-0.05, 0) is 42.9 Å². The molecule has 0 radical (unpaired) electrons. The highest BCUT2D eigenvalue weighted by Gasteiger charge is 2.24. The van der Waals surface area contributed by atoms with Gasteiger partial charge in [-0.2, -0.15) is 0 Å². The van der Waals surface area contributed by atoms with Crippen LogP contribution in [0.2, 0.25) is 0 Å². The molecular weight excluding hydrogens is 304 g/mol.